The minimum Gasteiger partial charge on any atom is -0.456 e. The summed E-state index contributed by atoms with van der Waals surface area (Å²) in [6, 6.07) is 54.6. The summed E-state index contributed by atoms with van der Waals surface area (Å²) < 4.78 is 7.52. The van der Waals surface area contributed by atoms with E-state index < -0.39 is 0 Å². The van der Waals surface area contributed by atoms with E-state index >= 15 is 0 Å². The summed E-state index contributed by atoms with van der Waals surface area (Å²) in [5.41, 5.74) is 6.23. The van der Waals surface area contributed by atoms with Gasteiger partial charge < -0.3 is 4.42 Å². The number of furan rings is 1. The maximum Gasteiger partial charge on any atom is 0.166 e. The maximum atomic E-state index is 6.51. The molecular weight excluding hydrogens is 657 g/mol. The molecule has 3 heterocycles. The van der Waals surface area contributed by atoms with Gasteiger partial charge in [-0.1, -0.05) is 133 Å². The second-order valence-electron chi connectivity index (χ2n) is 13.0. The van der Waals surface area contributed by atoms with E-state index in [1.807, 2.05) is 36.4 Å². The number of benzene rings is 8. The first kappa shape index (κ1) is 29.0. The molecule has 0 spiro atoms. The van der Waals surface area contributed by atoms with Crippen molar-refractivity contribution in [2.45, 2.75) is 0 Å². The van der Waals surface area contributed by atoms with Gasteiger partial charge in [-0.3, -0.25) is 0 Å². The van der Waals surface area contributed by atoms with Crippen LogP contribution in [0, 0.1) is 0 Å². The quantitative estimate of drug-likeness (QED) is 0.173. The lowest BCUT2D eigenvalue weighted by Crippen LogP contribution is -2.01. The topological polar surface area (TPSA) is 64.7 Å². The molecule has 0 N–H and O–H groups in total. The van der Waals surface area contributed by atoms with Gasteiger partial charge in [0, 0.05) is 33.5 Å². The second-order valence-corrected chi connectivity index (χ2v) is 14.0. The Balaban J connectivity index is 1.27. The van der Waals surface area contributed by atoms with Crippen LogP contribution in [0.25, 0.3) is 109 Å². The average molecular weight is 683 g/mol. The second kappa shape index (κ2) is 11.4. The monoisotopic (exact) mass is 682 g/mol. The molecule has 0 saturated heterocycles. The SMILES string of the molecule is c1ccc(-c2nc3cc4oc5ccccc5c4c(-c4nc(-c5ccc6ccccc6c5)nc(-c5cc6ccccc6c6ccccc56)n4)c3s2)cc1. The third-order valence-corrected chi connectivity index (χ3v) is 11.1. The van der Waals surface area contributed by atoms with Gasteiger partial charge in [-0.25, -0.2) is 19.9 Å². The van der Waals surface area contributed by atoms with Gasteiger partial charge in [0.15, 0.2) is 17.5 Å². The van der Waals surface area contributed by atoms with Crippen LogP contribution in [-0.4, -0.2) is 19.9 Å². The van der Waals surface area contributed by atoms with Crippen molar-refractivity contribution in [3.05, 3.63) is 158 Å². The van der Waals surface area contributed by atoms with Crippen LogP contribution in [0.1, 0.15) is 0 Å². The zero-order valence-corrected chi connectivity index (χ0v) is 28.4. The predicted molar refractivity (Wildman–Crippen MR) is 215 cm³/mol. The summed E-state index contributed by atoms with van der Waals surface area (Å²) in [7, 11) is 0. The first-order chi connectivity index (χ1) is 25.7. The molecule has 5 nitrogen and oxygen atoms in total. The summed E-state index contributed by atoms with van der Waals surface area (Å²) in [6.07, 6.45) is 0. The standard InChI is InChI=1S/C46H26N4OS/c1-2-13-28(14-3-1)46-47-37-26-39-40(35-20-10-11-21-38(35)51-39)41(42(37)52-46)45-49-43(31-23-22-27-12-4-5-15-29(27)24-31)48-44(50-45)36-25-30-16-6-7-17-32(30)33-18-8-9-19-34(33)36/h1-26H. The number of hydrogen-bond donors (Lipinski definition) is 0. The van der Waals surface area contributed by atoms with Gasteiger partial charge in [0.1, 0.15) is 16.2 Å². The maximum absolute atomic E-state index is 6.51. The molecular formula is C46H26N4OS. The third kappa shape index (κ3) is 4.55. The highest BCUT2D eigenvalue weighted by molar-refractivity contribution is 7.22. The van der Waals surface area contributed by atoms with Crippen molar-refractivity contribution >= 4 is 75.8 Å². The zero-order valence-electron chi connectivity index (χ0n) is 27.6. The molecule has 0 saturated carbocycles. The van der Waals surface area contributed by atoms with E-state index in [9.17, 15) is 0 Å². The fourth-order valence-electron chi connectivity index (χ4n) is 7.49. The first-order valence-electron chi connectivity index (χ1n) is 17.2. The third-order valence-electron chi connectivity index (χ3n) is 9.92. The summed E-state index contributed by atoms with van der Waals surface area (Å²) in [4.78, 5) is 21.1. The van der Waals surface area contributed by atoms with Crippen LogP contribution in [-0.2, 0) is 0 Å². The van der Waals surface area contributed by atoms with E-state index in [1.54, 1.807) is 11.3 Å². The summed E-state index contributed by atoms with van der Waals surface area (Å²) >= 11 is 1.66. The molecule has 11 rings (SSSR count). The van der Waals surface area contributed by atoms with Crippen molar-refractivity contribution in [2.24, 2.45) is 0 Å². The summed E-state index contributed by atoms with van der Waals surface area (Å²) in [5, 5.41) is 9.76. The van der Waals surface area contributed by atoms with Gasteiger partial charge in [0.05, 0.1) is 15.8 Å². The lowest BCUT2D eigenvalue weighted by Gasteiger charge is -2.13. The van der Waals surface area contributed by atoms with Gasteiger partial charge in [-0.15, -0.1) is 11.3 Å². The number of hydrogen-bond acceptors (Lipinski definition) is 6. The molecule has 11 aromatic rings. The van der Waals surface area contributed by atoms with Crippen molar-refractivity contribution in [2.75, 3.05) is 0 Å². The Labute approximate surface area is 301 Å². The van der Waals surface area contributed by atoms with Crippen LogP contribution in [0.15, 0.2) is 162 Å². The predicted octanol–water partition coefficient (Wildman–Crippen LogP) is 12.5. The molecule has 0 radical (unpaired) electrons. The zero-order chi connectivity index (χ0) is 34.2. The fraction of sp³-hybridized carbons (Fsp3) is 0. The molecule has 0 bridgehead atoms. The van der Waals surface area contributed by atoms with E-state index in [-0.39, 0.29) is 0 Å². The van der Waals surface area contributed by atoms with E-state index in [1.165, 1.54) is 5.39 Å². The van der Waals surface area contributed by atoms with Crippen LogP contribution >= 0.6 is 11.3 Å². The molecule has 0 fully saturated rings. The van der Waals surface area contributed by atoms with Gasteiger partial charge in [-0.2, -0.15) is 0 Å². The van der Waals surface area contributed by atoms with Crippen LogP contribution < -0.4 is 0 Å². The number of thiazole rings is 1. The van der Waals surface area contributed by atoms with E-state index in [4.69, 9.17) is 24.4 Å². The average Bonchev–Trinajstić information content (AvgIpc) is 3.81. The molecule has 0 aliphatic carbocycles. The smallest absolute Gasteiger partial charge is 0.166 e. The molecule has 0 amide bonds. The number of para-hydroxylation sites is 1. The highest BCUT2D eigenvalue weighted by Gasteiger charge is 2.24. The molecule has 8 aromatic carbocycles. The first-order valence-corrected chi connectivity index (χ1v) is 18.0. The highest BCUT2D eigenvalue weighted by atomic mass is 32.1. The minimum atomic E-state index is 0.579. The van der Waals surface area contributed by atoms with Crippen molar-refractivity contribution in [1.82, 2.24) is 19.9 Å². The Morgan fingerprint density at radius 3 is 1.96 bits per heavy atom. The van der Waals surface area contributed by atoms with Crippen molar-refractivity contribution in [3.63, 3.8) is 0 Å². The Hall–Kier alpha value is -6.76. The number of fused-ring (bicyclic) bond motifs is 8. The molecule has 0 unspecified atom stereocenters. The molecule has 0 aliphatic rings. The number of nitrogens with zero attached hydrogens (tertiary/aromatic N) is 4. The van der Waals surface area contributed by atoms with Crippen molar-refractivity contribution < 1.29 is 4.42 Å². The van der Waals surface area contributed by atoms with Gasteiger partial charge >= 0.3 is 0 Å². The Morgan fingerprint density at radius 1 is 0.423 bits per heavy atom. The van der Waals surface area contributed by atoms with E-state index in [0.29, 0.717) is 17.5 Å². The minimum absolute atomic E-state index is 0.579. The molecule has 242 valence electrons. The Morgan fingerprint density at radius 2 is 1.10 bits per heavy atom. The van der Waals surface area contributed by atoms with Crippen LogP contribution in [0.2, 0.25) is 0 Å². The van der Waals surface area contributed by atoms with Crippen LogP contribution in [0.4, 0.5) is 0 Å². The Kier molecular flexibility index (Phi) is 6.35. The molecule has 6 heteroatoms. The van der Waals surface area contributed by atoms with Crippen molar-refractivity contribution in [3.8, 4) is 44.7 Å². The summed E-state index contributed by atoms with van der Waals surface area (Å²) in [6.45, 7) is 0. The Bertz CT molecular complexity index is 3200. The summed E-state index contributed by atoms with van der Waals surface area (Å²) in [5.74, 6) is 1.80. The normalized spacial score (nSPS) is 11.8. The van der Waals surface area contributed by atoms with E-state index in [0.717, 1.165) is 86.3 Å². The van der Waals surface area contributed by atoms with Crippen LogP contribution in [0.3, 0.4) is 0 Å². The number of rotatable bonds is 4. The lowest BCUT2D eigenvalue weighted by molar-refractivity contribution is 0.669. The van der Waals surface area contributed by atoms with Crippen molar-refractivity contribution in [1.29, 1.82) is 0 Å². The number of aromatic nitrogens is 4. The fourth-order valence-corrected chi connectivity index (χ4v) is 8.59. The lowest BCUT2D eigenvalue weighted by atomic mass is 9.96. The van der Waals surface area contributed by atoms with Crippen LogP contribution in [0.5, 0.6) is 0 Å². The van der Waals surface area contributed by atoms with Gasteiger partial charge in [0.2, 0.25) is 0 Å². The highest BCUT2D eigenvalue weighted by Crippen LogP contribution is 2.45. The largest absolute Gasteiger partial charge is 0.456 e. The van der Waals surface area contributed by atoms with E-state index in [2.05, 4.69) is 121 Å². The molecule has 52 heavy (non-hydrogen) atoms. The molecule has 0 aliphatic heterocycles. The van der Waals surface area contributed by atoms with Gasteiger partial charge in [-0.05, 0) is 50.5 Å². The van der Waals surface area contributed by atoms with Gasteiger partial charge in [0.25, 0.3) is 0 Å². The molecule has 0 atom stereocenters. The molecule has 3 aromatic heterocycles.